The molecule has 1 aromatic rings. The van der Waals surface area contributed by atoms with Gasteiger partial charge in [0, 0.05) is 0 Å². The Balaban J connectivity index is 3.65. The molecule has 0 amide bonds. The van der Waals surface area contributed by atoms with Crippen LogP contribution < -0.4 is 0 Å². The zero-order valence-electron chi connectivity index (χ0n) is 8.85. The van der Waals surface area contributed by atoms with Crippen molar-refractivity contribution in [3.05, 3.63) is 23.3 Å². The van der Waals surface area contributed by atoms with Crippen LogP contribution in [0.2, 0.25) is 0 Å². The van der Waals surface area contributed by atoms with Crippen LogP contribution in [0.4, 0.5) is 0 Å². The molecule has 15 heavy (non-hydrogen) atoms. The van der Waals surface area contributed by atoms with Crippen LogP contribution in [0.25, 0.3) is 0 Å². The summed E-state index contributed by atoms with van der Waals surface area (Å²) in [5.74, 6) is -0.461. The fourth-order valence-corrected chi connectivity index (χ4v) is 2.42. The minimum absolute atomic E-state index is 0.0894. The van der Waals surface area contributed by atoms with E-state index in [0.29, 0.717) is 11.1 Å². The van der Waals surface area contributed by atoms with Crippen molar-refractivity contribution in [2.75, 3.05) is 0 Å². The Morgan fingerprint density at radius 2 is 1.80 bits per heavy atom. The topological polar surface area (TPSA) is 74.6 Å². The molecule has 0 aromatic heterocycles. The van der Waals surface area contributed by atoms with Crippen molar-refractivity contribution in [2.45, 2.75) is 31.6 Å². The van der Waals surface area contributed by atoms with Gasteiger partial charge in [-0.3, -0.25) is 4.55 Å². The first-order valence-corrected chi connectivity index (χ1v) is 5.99. The maximum absolute atomic E-state index is 11.1. The second-order valence-electron chi connectivity index (χ2n) is 3.78. The molecule has 2 N–H and O–H groups in total. The highest BCUT2D eigenvalue weighted by Gasteiger charge is 2.23. The Labute approximate surface area is 89.3 Å². The molecule has 0 fully saturated rings. The van der Waals surface area contributed by atoms with Crippen molar-refractivity contribution in [2.24, 2.45) is 0 Å². The van der Waals surface area contributed by atoms with Crippen molar-refractivity contribution in [3.8, 4) is 5.75 Å². The van der Waals surface area contributed by atoms with E-state index in [1.54, 1.807) is 32.9 Å². The number of aromatic hydroxyl groups is 1. The number of aryl methyl sites for hydroxylation is 1. The summed E-state index contributed by atoms with van der Waals surface area (Å²) in [5.41, 5.74) is 0.840. The molecule has 4 nitrogen and oxygen atoms in total. The molecule has 1 aromatic carbocycles. The standard InChI is InChI=1S/C10H14O4S/c1-6(2)8-5-4-7(3)9(11)10(8)15(12,13)14/h4-6,11H,1-3H3,(H,12,13,14). The molecule has 0 bridgehead atoms. The van der Waals surface area contributed by atoms with E-state index in [4.69, 9.17) is 4.55 Å². The highest BCUT2D eigenvalue weighted by molar-refractivity contribution is 7.86. The first-order valence-electron chi connectivity index (χ1n) is 4.55. The highest BCUT2D eigenvalue weighted by Crippen LogP contribution is 2.33. The molecule has 5 heteroatoms. The average molecular weight is 230 g/mol. The fourth-order valence-electron chi connectivity index (χ4n) is 1.41. The molecule has 0 spiro atoms. The van der Waals surface area contributed by atoms with Gasteiger partial charge in [0.1, 0.15) is 10.6 Å². The molecule has 0 atom stereocenters. The van der Waals surface area contributed by atoms with Crippen LogP contribution in [-0.4, -0.2) is 18.1 Å². The second-order valence-corrected chi connectivity index (χ2v) is 5.14. The van der Waals surface area contributed by atoms with E-state index in [2.05, 4.69) is 0 Å². The zero-order chi connectivity index (χ0) is 11.8. The van der Waals surface area contributed by atoms with E-state index in [9.17, 15) is 13.5 Å². The Kier molecular flexibility index (Phi) is 3.06. The van der Waals surface area contributed by atoms with Gasteiger partial charge in [-0.25, -0.2) is 0 Å². The average Bonchev–Trinajstić information content (AvgIpc) is 2.06. The lowest BCUT2D eigenvalue weighted by molar-refractivity contribution is 0.436. The van der Waals surface area contributed by atoms with E-state index in [-0.39, 0.29) is 16.6 Å². The lowest BCUT2D eigenvalue weighted by atomic mass is 10.0. The maximum atomic E-state index is 11.1. The lowest BCUT2D eigenvalue weighted by Crippen LogP contribution is -2.05. The minimum atomic E-state index is -4.38. The molecule has 0 saturated carbocycles. The van der Waals surface area contributed by atoms with E-state index in [0.717, 1.165) is 0 Å². The number of benzene rings is 1. The number of hydrogen-bond acceptors (Lipinski definition) is 3. The fraction of sp³-hybridized carbons (Fsp3) is 0.400. The van der Waals surface area contributed by atoms with Gasteiger partial charge in [0.15, 0.2) is 0 Å². The van der Waals surface area contributed by atoms with Gasteiger partial charge >= 0.3 is 0 Å². The van der Waals surface area contributed by atoms with E-state index >= 15 is 0 Å². The summed E-state index contributed by atoms with van der Waals surface area (Å²) in [7, 11) is -4.38. The molecule has 0 aliphatic carbocycles. The Morgan fingerprint density at radius 1 is 1.27 bits per heavy atom. The summed E-state index contributed by atoms with van der Waals surface area (Å²) < 4.78 is 31.3. The number of hydrogen-bond donors (Lipinski definition) is 2. The van der Waals surface area contributed by atoms with E-state index in [1.165, 1.54) is 0 Å². The van der Waals surface area contributed by atoms with Crippen molar-refractivity contribution >= 4 is 10.1 Å². The number of rotatable bonds is 2. The van der Waals surface area contributed by atoms with Gasteiger partial charge in [-0.2, -0.15) is 8.42 Å². The predicted molar refractivity (Wildman–Crippen MR) is 56.7 cm³/mol. The maximum Gasteiger partial charge on any atom is 0.298 e. The molecular weight excluding hydrogens is 216 g/mol. The molecule has 0 saturated heterocycles. The van der Waals surface area contributed by atoms with Crippen molar-refractivity contribution in [3.63, 3.8) is 0 Å². The SMILES string of the molecule is Cc1ccc(C(C)C)c(S(=O)(=O)O)c1O. The summed E-state index contributed by atoms with van der Waals surface area (Å²) in [5, 5.41) is 9.62. The van der Waals surface area contributed by atoms with E-state index in [1.807, 2.05) is 0 Å². The summed E-state index contributed by atoms with van der Waals surface area (Å²) in [4.78, 5) is -0.377. The zero-order valence-corrected chi connectivity index (χ0v) is 9.67. The summed E-state index contributed by atoms with van der Waals surface area (Å²) in [6.07, 6.45) is 0. The van der Waals surface area contributed by atoms with Crippen LogP contribution in [0.5, 0.6) is 5.75 Å². The second kappa shape index (κ2) is 3.83. The van der Waals surface area contributed by atoms with Gasteiger partial charge in [-0.1, -0.05) is 26.0 Å². The molecule has 1 rings (SSSR count). The normalized spacial score (nSPS) is 12.1. The predicted octanol–water partition coefficient (Wildman–Crippen LogP) is 2.07. The monoisotopic (exact) mass is 230 g/mol. The summed E-state index contributed by atoms with van der Waals surface area (Å²) in [6.45, 7) is 5.16. The van der Waals surface area contributed by atoms with Crippen LogP contribution in [0.15, 0.2) is 17.0 Å². The number of phenols is 1. The van der Waals surface area contributed by atoms with Gasteiger partial charge in [-0.05, 0) is 24.0 Å². The summed E-state index contributed by atoms with van der Waals surface area (Å²) in [6, 6.07) is 3.22. The molecule has 0 heterocycles. The largest absolute Gasteiger partial charge is 0.506 e. The first kappa shape index (κ1) is 12.0. The van der Waals surface area contributed by atoms with Gasteiger partial charge < -0.3 is 5.11 Å². The Bertz CT molecular complexity index is 474. The molecule has 84 valence electrons. The van der Waals surface area contributed by atoms with Gasteiger partial charge in [-0.15, -0.1) is 0 Å². The van der Waals surface area contributed by atoms with Crippen LogP contribution in [0.1, 0.15) is 30.9 Å². The molecular formula is C10H14O4S. The Morgan fingerprint density at radius 3 is 2.20 bits per heavy atom. The molecule has 0 radical (unpaired) electrons. The van der Waals surface area contributed by atoms with Crippen LogP contribution >= 0.6 is 0 Å². The van der Waals surface area contributed by atoms with Crippen LogP contribution in [0.3, 0.4) is 0 Å². The highest BCUT2D eigenvalue weighted by atomic mass is 32.2. The number of phenolic OH excluding ortho intramolecular Hbond substituents is 1. The van der Waals surface area contributed by atoms with Crippen LogP contribution in [0, 0.1) is 6.92 Å². The first-order chi connectivity index (χ1) is 6.75. The molecule has 0 aliphatic rings. The minimum Gasteiger partial charge on any atom is -0.506 e. The third-order valence-corrected chi connectivity index (χ3v) is 3.19. The molecule has 0 unspecified atom stereocenters. The van der Waals surface area contributed by atoms with Crippen molar-refractivity contribution in [1.29, 1.82) is 0 Å². The lowest BCUT2D eigenvalue weighted by Gasteiger charge is -2.13. The van der Waals surface area contributed by atoms with Crippen molar-refractivity contribution in [1.82, 2.24) is 0 Å². The van der Waals surface area contributed by atoms with Crippen LogP contribution in [-0.2, 0) is 10.1 Å². The van der Waals surface area contributed by atoms with Gasteiger partial charge in [0.25, 0.3) is 10.1 Å². The quantitative estimate of drug-likeness (QED) is 0.763. The smallest absolute Gasteiger partial charge is 0.298 e. The van der Waals surface area contributed by atoms with E-state index < -0.39 is 10.1 Å². The third kappa shape index (κ3) is 2.30. The third-order valence-electron chi connectivity index (χ3n) is 2.24. The Hall–Kier alpha value is -1.07. The van der Waals surface area contributed by atoms with Gasteiger partial charge in [0.2, 0.25) is 0 Å². The molecule has 0 aliphatic heterocycles. The van der Waals surface area contributed by atoms with Gasteiger partial charge in [0.05, 0.1) is 0 Å². The van der Waals surface area contributed by atoms with Crippen molar-refractivity contribution < 1.29 is 18.1 Å². The summed E-state index contributed by atoms with van der Waals surface area (Å²) >= 11 is 0.